The zero-order valence-corrected chi connectivity index (χ0v) is 19.4. The van der Waals surface area contributed by atoms with Gasteiger partial charge in [0.15, 0.2) is 0 Å². The van der Waals surface area contributed by atoms with E-state index in [0.717, 1.165) is 34.9 Å². The summed E-state index contributed by atoms with van der Waals surface area (Å²) in [5.74, 6) is 0. The number of hydrogen-bond acceptors (Lipinski definition) is 2. The molecular weight excluding hydrogens is 412 g/mol. The second kappa shape index (κ2) is 10.1. The highest BCUT2D eigenvalue weighted by Gasteiger charge is 2.18. The Bertz CT molecular complexity index is 1240. The van der Waals surface area contributed by atoms with Gasteiger partial charge in [-0.1, -0.05) is 79.7 Å². The van der Waals surface area contributed by atoms with E-state index in [2.05, 4.69) is 156 Å². The molecule has 0 bridgehead atoms. The van der Waals surface area contributed by atoms with Gasteiger partial charge in [0.25, 0.3) is 0 Å². The Morgan fingerprint density at radius 3 is 1.18 bits per heavy atom. The summed E-state index contributed by atoms with van der Waals surface area (Å²) in [5.41, 5.74) is 8.24. The van der Waals surface area contributed by atoms with Crippen LogP contribution in [0.3, 0.4) is 0 Å². The molecule has 0 fully saturated rings. The maximum Gasteiger partial charge on any atom is 0.0495 e. The molecule has 5 aromatic rings. The fourth-order valence-corrected chi connectivity index (χ4v) is 4.40. The van der Waals surface area contributed by atoms with Crippen LogP contribution in [0.1, 0.15) is 12.5 Å². The Morgan fingerprint density at radius 2 is 0.794 bits per heavy atom. The van der Waals surface area contributed by atoms with Crippen molar-refractivity contribution < 1.29 is 0 Å². The average molecular weight is 441 g/mol. The summed E-state index contributed by atoms with van der Waals surface area (Å²) in [6.45, 7) is 2.23. The van der Waals surface area contributed by atoms with Crippen LogP contribution in [0.2, 0.25) is 0 Å². The normalized spacial score (nSPS) is 10.6. The number of aryl methyl sites for hydroxylation is 1. The maximum atomic E-state index is 2.35. The third-order valence-corrected chi connectivity index (χ3v) is 6.00. The van der Waals surface area contributed by atoms with Crippen LogP contribution in [0.15, 0.2) is 140 Å². The van der Waals surface area contributed by atoms with Crippen LogP contribution in [0.4, 0.5) is 34.1 Å². The van der Waals surface area contributed by atoms with Crippen molar-refractivity contribution in [2.75, 3.05) is 9.80 Å². The fourth-order valence-electron chi connectivity index (χ4n) is 4.40. The van der Waals surface area contributed by atoms with Gasteiger partial charge in [0, 0.05) is 34.1 Å². The van der Waals surface area contributed by atoms with E-state index in [1.54, 1.807) is 0 Å². The Kier molecular flexibility index (Phi) is 6.40. The first-order valence-corrected chi connectivity index (χ1v) is 11.8. The van der Waals surface area contributed by atoms with Crippen LogP contribution in [-0.2, 0) is 6.42 Å². The van der Waals surface area contributed by atoms with Gasteiger partial charge in [-0.15, -0.1) is 0 Å². The molecule has 0 heterocycles. The minimum Gasteiger partial charge on any atom is -0.310 e. The lowest BCUT2D eigenvalue weighted by Gasteiger charge is -2.30. The summed E-state index contributed by atoms with van der Waals surface area (Å²) < 4.78 is 0. The topological polar surface area (TPSA) is 6.48 Å². The molecule has 2 nitrogen and oxygen atoms in total. The van der Waals surface area contributed by atoms with E-state index >= 15 is 0 Å². The highest BCUT2D eigenvalue weighted by atomic mass is 15.2. The van der Waals surface area contributed by atoms with Gasteiger partial charge in [0.05, 0.1) is 0 Å². The first kappa shape index (κ1) is 21.5. The predicted octanol–water partition coefficient (Wildman–Crippen LogP) is 9.19. The number of benzene rings is 5. The lowest BCUT2D eigenvalue weighted by Crippen LogP contribution is -2.14. The van der Waals surface area contributed by atoms with Crippen molar-refractivity contribution >= 4 is 34.1 Å². The van der Waals surface area contributed by atoms with Crippen molar-refractivity contribution in [2.24, 2.45) is 0 Å². The zero-order chi connectivity index (χ0) is 23.2. The second-order valence-electron chi connectivity index (χ2n) is 8.18. The van der Waals surface area contributed by atoms with E-state index in [1.165, 1.54) is 11.3 Å². The molecule has 0 amide bonds. The van der Waals surface area contributed by atoms with Crippen LogP contribution in [-0.4, -0.2) is 0 Å². The summed E-state index contributed by atoms with van der Waals surface area (Å²) >= 11 is 0. The molecule has 0 unspecified atom stereocenters. The lowest BCUT2D eigenvalue weighted by atomic mass is 10.0. The van der Waals surface area contributed by atoms with Gasteiger partial charge in [-0.05, 0) is 78.7 Å². The molecule has 5 aromatic carbocycles. The third kappa shape index (κ3) is 4.44. The largest absolute Gasteiger partial charge is 0.310 e. The lowest BCUT2D eigenvalue weighted by molar-refractivity contribution is 1.11. The summed E-state index contributed by atoms with van der Waals surface area (Å²) in [5, 5.41) is 0. The second-order valence-corrected chi connectivity index (χ2v) is 8.18. The zero-order valence-electron chi connectivity index (χ0n) is 19.4. The Labute approximate surface area is 202 Å². The smallest absolute Gasteiger partial charge is 0.0495 e. The van der Waals surface area contributed by atoms with E-state index in [4.69, 9.17) is 0 Å². The standard InChI is InChI=1S/C32H28N2/c1-2-26-25-31(33(27-15-7-3-8-16-27)28-17-9-4-10-18-28)23-24-32(26)34(29-19-11-5-12-20-29)30-21-13-6-14-22-30/h3-25H,2H2,1H3. The highest BCUT2D eigenvalue weighted by molar-refractivity contribution is 5.82. The Balaban J connectivity index is 1.65. The monoisotopic (exact) mass is 440 g/mol. The number of hydrogen-bond donors (Lipinski definition) is 0. The summed E-state index contributed by atoms with van der Waals surface area (Å²) in [4.78, 5) is 4.66. The van der Waals surface area contributed by atoms with Crippen molar-refractivity contribution in [2.45, 2.75) is 13.3 Å². The number of anilines is 6. The summed E-state index contributed by atoms with van der Waals surface area (Å²) in [7, 11) is 0. The average Bonchev–Trinajstić information content (AvgIpc) is 2.92. The van der Waals surface area contributed by atoms with Gasteiger partial charge in [-0.3, -0.25) is 0 Å². The highest BCUT2D eigenvalue weighted by Crippen LogP contribution is 2.41. The third-order valence-electron chi connectivity index (χ3n) is 6.00. The van der Waals surface area contributed by atoms with Crippen LogP contribution in [0, 0.1) is 0 Å². The first-order chi connectivity index (χ1) is 16.8. The quantitative estimate of drug-likeness (QED) is 0.249. The van der Waals surface area contributed by atoms with E-state index in [0.29, 0.717) is 0 Å². The van der Waals surface area contributed by atoms with E-state index < -0.39 is 0 Å². The molecule has 34 heavy (non-hydrogen) atoms. The van der Waals surface area contributed by atoms with Gasteiger partial charge >= 0.3 is 0 Å². The van der Waals surface area contributed by atoms with Crippen molar-refractivity contribution in [3.8, 4) is 0 Å². The summed E-state index contributed by atoms with van der Waals surface area (Å²) in [6.07, 6.45) is 0.927. The van der Waals surface area contributed by atoms with Gasteiger partial charge in [-0.25, -0.2) is 0 Å². The molecule has 0 spiro atoms. The molecule has 0 saturated heterocycles. The minimum absolute atomic E-state index is 0.927. The predicted molar refractivity (Wildman–Crippen MR) is 145 cm³/mol. The van der Waals surface area contributed by atoms with Crippen LogP contribution in [0.25, 0.3) is 0 Å². The van der Waals surface area contributed by atoms with Crippen LogP contribution >= 0.6 is 0 Å². The van der Waals surface area contributed by atoms with Crippen molar-refractivity contribution in [1.82, 2.24) is 0 Å². The minimum atomic E-state index is 0.927. The summed E-state index contributed by atoms with van der Waals surface area (Å²) in [6, 6.07) is 49.1. The molecule has 0 aliphatic heterocycles. The molecule has 0 aliphatic rings. The van der Waals surface area contributed by atoms with Crippen LogP contribution < -0.4 is 9.80 Å². The van der Waals surface area contributed by atoms with Crippen molar-refractivity contribution in [3.05, 3.63) is 145 Å². The van der Waals surface area contributed by atoms with Crippen molar-refractivity contribution in [3.63, 3.8) is 0 Å². The molecule has 166 valence electrons. The van der Waals surface area contributed by atoms with Gasteiger partial charge in [0.1, 0.15) is 0 Å². The molecule has 0 atom stereocenters. The maximum absolute atomic E-state index is 2.35. The van der Waals surface area contributed by atoms with Gasteiger partial charge < -0.3 is 9.80 Å². The SMILES string of the molecule is CCc1cc(N(c2ccccc2)c2ccccc2)ccc1N(c1ccccc1)c1ccccc1. The Morgan fingerprint density at radius 1 is 0.412 bits per heavy atom. The fraction of sp³-hybridized carbons (Fsp3) is 0.0625. The van der Waals surface area contributed by atoms with E-state index in [1.807, 2.05) is 0 Å². The molecule has 0 saturated carbocycles. The molecule has 0 N–H and O–H groups in total. The van der Waals surface area contributed by atoms with Gasteiger partial charge in [-0.2, -0.15) is 0 Å². The molecule has 0 aromatic heterocycles. The molecular formula is C32H28N2. The Hall–Kier alpha value is -4.30. The van der Waals surface area contributed by atoms with E-state index in [-0.39, 0.29) is 0 Å². The molecule has 5 rings (SSSR count). The van der Waals surface area contributed by atoms with Crippen LogP contribution in [0.5, 0.6) is 0 Å². The van der Waals surface area contributed by atoms with Crippen molar-refractivity contribution in [1.29, 1.82) is 0 Å². The molecule has 2 heteroatoms. The number of nitrogens with zero attached hydrogens (tertiary/aromatic N) is 2. The van der Waals surface area contributed by atoms with E-state index in [9.17, 15) is 0 Å². The molecule has 0 aliphatic carbocycles. The molecule has 0 radical (unpaired) electrons. The van der Waals surface area contributed by atoms with Gasteiger partial charge in [0.2, 0.25) is 0 Å². The number of para-hydroxylation sites is 4. The number of rotatable bonds is 7. The first-order valence-electron chi connectivity index (χ1n) is 11.8.